The predicted octanol–water partition coefficient (Wildman–Crippen LogP) is 3.68. The van der Waals surface area contributed by atoms with Gasteiger partial charge in [-0.25, -0.2) is 9.37 Å². The summed E-state index contributed by atoms with van der Waals surface area (Å²) in [6.07, 6.45) is -5.86. The number of primary amides is 1. The Bertz CT molecular complexity index is 1570. The molecule has 0 saturated heterocycles. The molecule has 1 atom stereocenters. The number of aromatic amines is 1. The molecule has 0 radical (unpaired) electrons. The lowest BCUT2D eigenvalue weighted by molar-refractivity contribution is -0.265. The number of fused-ring (bicyclic) bond motifs is 1. The molecule has 2 amide bonds. The number of carbonyl (C=O) groups excluding carboxylic acids is 2. The zero-order valence-electron chi connectivity index (χ0n) is 21.4. The molecule has 0 aliphatic carbocycles. The molecule has 4 rings (SSSR count). The third-order valence-corrected chi connectivity index (χ3v) is 6.23. The molecule has 4 aromatic rings. The van der Waals surface area contributed by atoms with E-state index in [1.807, 2.05) is 0 Å². The van der Waals surface area contributed by atoms with Crippen LogP contribution < -0.4 is 15.8 Å². The maximum Gasteiger partial charge on any atom is 0.424 e. The predicted molar refractivity (Wildman–Crippen MR) is 137 cm³/mol. The number of benzene rings is 2. The molecular formula is C27H25F4N5O4. The molecule has 0 bridgehead atoms. The van der Waals surface area contributed by atoms with Crippen molar-refractivity contribution in [3.05, 3.63) is 76.9 Å². The van der Waals surface area contributed by atoms with Gasteiger partial charge in [0.2, 0.25) is 11.5 Å². The normalized spacial score (nSPS) is 13.2. The van der Waals surface area contributed by atoms with Crippen molar-refractivity contribution in [3.63, 3.8) is 0 Å². The first-order chi connectivity index (χ1) is 18.8. The van der Waals surface area contributed by atoms with Crippen molar-refractivity contribution in [2.24, 2.45) is 5.73 Å². The number of hydrogen-bond acceptors (Lipinski definition) is 6. The van der Waals surface area contributed by atoms with Crippen molar-refractivity contribution >= 4 is 22.7 Å². The number of carbonyl (C=O) groups is 2. The van der Waals surface area contributed by atoms with Gasteiger partial charge >= 0.3 is 6.18 Å². The summed E-state index contributed by atoms with van der Waals surface area (Å²) in [5.41, 5.74) is 1.91. The van der Waals surface area contributed by atoms with E-state index in [-0.39, 0.29) is 34.7 Å². The Labute approximate surface area is 225 Å². The van der Waals surface area contributed by atoms with Crippen LogP contribution in [0.2, 0.25) is 0 Å². The molecule has 0 aliphatic rings. The number of H-pyrrole nitrogens is 1. The van der Waals surface area contributed by atoms with Gasteiger partial charge in [0, 0.05) is 22.1 Å². The largest absolute Gasteiger partial charge is 0.491 e. The summed E-state index contributed by atoms with van der Waals surface area (Å²) in [6, 6.07) is 9.95. The lowest BCUT2D eigenvalue weighted by Gasteiger charge is -2.31. The molecule has 9 nitrogen and oxygen atoms in total. The number of nitrogens with one attached hydrogen (secondary N) is 2. The van der Waals surface area contributed by atoms with Gasteiger partial charge < -0.3 is 20.9 Å². The molecule has 13 heteroatoms. The number of aromatic nitrogens is 3. The number of aliphatic hydroxyl groups is 1. The van der Waals surface area contributed by atoms with E-state index in [0.717, 1.165) is 18.2 Å². The van der Waals surface area contributed by atoms with E-state index >= 15 is 0 Å². The standard InChI is InChI=1S/C27H25F4N5O4/c1-3-40-24-17(12-22(32)37)11-21(34-23(24)15-4-7-18(28)8-5-15)26(39,27(29,30)31)13-33-25(38)16-6-9-20-19(10-16)14(2)35-36-20/h4-11,39H,3,12-13H2,1-2H3,(H2,32,37)(H,33,38)(H,35,36)/t26-/m0/s1. The van der Waals surface area contributed by atoms with E-state index in [0.29, 0.717) is 16.6 Å². The van der Waals surface area contributed by atoms with Gasteiger partial charge in [-0.05, 0) is 62.4 Å². The number of aryl methyl sites for hydroxylation is 1. The number of pyridine rings is 1. The molecule has 40 heavy (non-hydrogen) atoms. The fourth-order valence-corrected chi connectivity index (χ4v) is 4.16. The van der Waals surface area contributed by atoms with Crippen LogP contribution in [0.25, 0.3) is 22.2 Å². The Morgan fingerprint density at radius 1 is 1.12 bits per heavy atom. The summed E-state index contributed by atoms with van der Waals surface area (Å²) < 4.78 is 62.6. The molecule has 0 spiro atoms. The molecule has 210 valence electrons. The van der Waals surface area contributed by atoms with Gasteiger partial charge in [0.05, 0.1) is 36.5 Å². The average molecular weight is 560 g/mol. The van der Waals surface area contributed by atoms with Crippen LogP contribution in [0.15, 0.2) is 48.5 Å². The van der Waals surface area contributed by atoms with Crippen molar-refractivity contribution in [2.45, 2.75) is 32.0 Å². The number of ether oxygens (including phenoxy) is 1. The number of nitrogens with zero attached hydrogens (tertiary/aromatic N) is 2. The molecule has 0 saturated carbocycles. The Balaban J connectivity index is 1.79. The van der Waals surface area contributed by atoms with Gasteiger partial charge in [0.1, 0.15) is 17.3 Å². The number of hydrogen-bond donors (Lipinski definition) is 4. The maximum atomic E-state index is 14.5. The highest BCUT2D eigenvalue weighted by Gasteiger charge is 2.56. The second-order valence-corrected chi connectivity index (χ2v) is 9.04. The minimum absolute atomic E-state index is 0.0441. The smallest absolute Gasteiger partial charge is 0.424 e. The second-order valence-electron chi connectivity index (χ2n) is 9.04. The summed E-state index contributed by atoms with van der Waals surface area (Å²) in [5.74, 6) is -2.41. The topological polar surface area (TPSA) is 143 Å². The summed E-state index contributed by atoms with van der Waals surface area (Å²) in [5, 5.41) is 20.6. The highest BCUT2D eigenvalue weighted by Crippen LogP contribution is 2.42. The van der Waals surface area contributed by atoms with Gasteiger partial charge in [-0.2, -0.15) is 18.3 Å². The van der Waals surface area contributed by atoms with Crippen LogP contribution in [0.4, 0.5) is 17.6 Å². The SMILES string of the molecule is CCOc1c(CC(N)=O)cc([C@@](O)(CNC(=O)c2ccc3[nH]nc(C)c3c2)C(F)(F)F)nc1-c1ccc(F)cc1. The van der Waals surface area contributed by atoms with Crippen LogP contribution in [0, 0.1) is 12.7 Å². The molecule has 0 unspecified atom stereocenters. The molecule has 2 heterocycles. The van der Waals surface area contributed by atoms with E-state index in [4.69, 9.17) is 10.5 Å². The number of alkyl halides is 3. The van der Waals surface area contributed by atoms with Crippen LogP contribution in [-0.2, 0) is 16.8 Å². The molecule has 2 aromatic heterocycles. The third-order valence-electron chi connectivity index (χ3n) is 6.23. The van der Waals surface area contributed by atoms with E-state index < -0.39 is 48.1 Å². The van der Waals surface area contributed by atoms with Crippen molar-refractivity contribution in [1.29, 1.82) is 0 Å². The average Bonchev–Trinajstić information content (AvgIpc) is 3.27. The maximum absolute atomic E-state index is 14.5. The van der Waals surface area contributed by atoms with Crippen LogP contribution in [-0.4, -0.2) is 51.4 Å². The minimum atomic E-state index is -5.32. The summed E-state index contributed by atoms with van der Waals surface area (Å²) in [4.78, 5) is 28.7. The highest BCUT2D eigenvalue weighted by molar-refractivity contribution is 5.98. The van der Waals surface area contributed by atoms with Crippen molar-refractivity contribution in [3.8, 4) is 17.0 Å². The Morgan fingerprint density at radius 3 is 2.45 bits per heavy atom. The van der Waals surface area contributed by atoms with Crippen LogP contribution >= 0.6 is 0 Å². The minimum Gasteiger partial charge on any atom is -0.491 e. The molecule has 0 aliphatic heterocycles. The number of amides is 2. The van der Waals surface area contributed by atoms with Crippen LogP contribution in [0.3, 0.4) is 0 Å². The molecular weight excluding hydrogens is 534 g/mol. The Morgan fingerprint density at radius 2 is 1.82 bits per heavy atom. The van der Waals surface area contributed by atoms with Gasteiger partial charge in [-0.15, -0.1) is 0 Å². The van der Waals surface area contributed by atoms with Crippen molar-refractivity contribution < 1.29 is 37.0 Å². The fourth-order valence-electron chi connectivity index (χ4n) is 4.16. The monoisotopic (exact) mass is 559 g/mol. The summed E-state index contributed by atoms with van der Waals surface area (Å²) >= 11 is 0. The summed E-state index contributed by atoms with van der Waals surface area (Å²) in [7, 11) is 0. The first kappa shape index (κ1) is 28.5. The van der Waals surface area contributed by atoms with Crippen molar-refractivity contribution in [2.75, 3.05) is 13.2 Å². The van der Waals surface area contributed by atoms with Gasteiger partial charge in [-0.1, -0.05) is 0 Å². The lowest BCUT2D eigenvalue weighted by atomic mass is 9.93. The molecule has 5 N–H and O–H groups in total. The molecule has 0 fully saturated rings. The second kappa shape index (κ2) is 10.9. The van der Waals surface area contributed by atoms with Gasteiger partial charge in [-0.3, -0.25) is 14.7 Å². The fraction of sp³-hybridized carbons (Fsp3) is 0.259. The number of halogens is 4. The first-order valence-corrected chi connectivity index (χ1v) is 12.1. The Hall–Kier alpha value is -4.52. The number of nitrogens with two attached hydrogens (primary N) is 1. The first-order valence-electron chi connectivity index (χ1n) is 12.1. The van der Waals surface area contributed by atoms with Gasteiger partial charge in [0.25, 0.3) is 5.91 Å². The zero-order valence-corrected chi connectivity index (χ0v) is 21.4. The van der Waals surface area contributed by atoms with Gasteiger partial charge in [0.15, 0.2) is 0 Å². The Kier molecular flexibility index (Phi) is 7.78. The van der Waals surface area contributed by atoms with Crippen LogP contribution in [0.5, 0.6) is 5.75 Å². The molecule has 2 aromatic carbocycles. The zero-order chi connectivity index (χ0) is 29.2. The van der Waals surface area contributed by atoms with E-state index in [1.165, 1.54) is 24.3 Å². The van der Waals surface area contributed by atoms with Crippen molar-refractivity contribution in [1.82, 2.24) is 20.5 Å². The summed E-state index contributed by atoms with van der Waals surface area (Å²) in [6.45, 7) is 2.06. The highest BCUT2D eigenvalue weighted by atomic mass is 19.4. The number of rotatable bonds is 9. The van der Waals surface area contributed by atoms with Crippen LogP contribution in [0.1, 0.15) is 34.2 Å². The lowest BCUT2D eigenvalue weighted by Crippen LogP contribution is -2.51. The van der Waals surface area contributed by atoms with E-state index in [9.17, 15) is 32.3 Å². The third kappa shape index (κ3) is 5.59. The quantitative estimate of drug-likeness (QED) is 0.231. The van der Waals surface area contributed by atoms with E-state index in [2.05, 4.69) is 20.5 Å². The van der Waals surface area contributed by atoms with E-state index in [1.54, 1.807) is 19.9 Å².